The number of nitrogens with two attached hydrogens (primary N) is 1. The van der Waals surface area contributed by atoms with Crippen molar-refractivity contribution in [2.75, 3.05) is 35.2 Å². The molecule has 12 heteroatoms. The molecular formula is C20H22F4N6O2. The Morgan fingerprint density at radius 2 is 2.00 bits per heavy atom. The Bertz CT molecular complexity index is 997. The predicted octanol–water partition coefficient (Wildman–Crippen LogP) is 2.93. The molecule has 3 aliphatic heterocycles. The first kappa shape index (κ1) is 21.0. The van der Waals surface area contributed by atoms with E-state index in [1.54, 1.807) is 6.07 Å². The molecule has 2 N–H and O–H groups in total. The van der Waals surface area contributed by atoms with Crippen molar-refractivity contribution in [2.24, 2.45) is 0 Å². The number of pyridine rings is 1. The molecule has 3 atom stereocenters. The summed E-state index contributed by atoms with van der Waals surface area (Å²) < 4.78 is 62.8. The van der Waals surface area contributed by atoms with Crippen LogP contribution in [0.5, 0.6) is 5.75 Å². The van der Waals surface area contributed by atoms with E-state index < -0.39 is 19.1 Å². The van der Waals surface area contributed by atoms with Crippen LogP contribution in [0.1, 0.15) is 19.3 Å². The van der Waals surface area contributed by atoms with Crippen LogP contribution in [0.25, 0.3) is 11.3 Å². The minimum atomic E-state index is -3.07. The summed E-state index contributed by atoms with van der Waals surface area (Å²) in [5, 5.41) is 0. The lowest BCUT2D eigenvalue weighted by molar-refractivity contribution is -0.0494. The molecule has 0 spiro atoms. The van der Waals surface area contributed by atoms with E-state index in [1.807, 2.05) is 0 Å². The van der Waals surface area contributed by atoms with Gasteiger partial charge in [0.1, 0.15) is 5.82 Å². The van der Waals surface area contributed by atoms with Crippen LogP contribution < -0.4 is 20.3 Å². The zero-order valence-electron chi connectivity index (χ0n) is 17.0. The van der Waals surface area contributed by atoms with Crippen molar-refractivity contribution >= 4 is 17.6 Å². The number of nitrogens with zero attached hydrogens (tertiary/aromatic N) is 5. The van der Waals surface area contributed by atoms with Gasteiger partial charge in [-0.2, -0.15) is 13.8 Å². The molecule has 0 aliphatic carbocycles. The summed E-state index contributed by atoms with van der Waals surface area (Å²) in [6, 6.07) is 2.19. The lowest BCUT2D eigenvalue weighted by Gasteiger charge is -2.30. The SMILES string of the molecule is Nc1ncc(-c2cc(N3C[C@@H]4C[C@H]3CO4)nc(N3CCC[C@H]3C(F)F)n2)cc1OC(F)F. The van der Waals surface area contributed by atoms with E-state index in [0.29, 0.717) is 49.6 Å². The van der Waals surface area contributed by atoms with E-state index in [-0.39, 0.29) is 29.7 Å². The molecule has 0 radical (unpaired) electrons. The van der Waals surface area contributed by atoms with Crippen LogP contribution in [0.3, 0.4) is 0 Å². The fourth-order valence-corrected chi connectivity index (χ4v) is 4.61. The average Bonchev–Trinajstić information content (AvgIpc) is 3.51. The molecule has 32 heavy (non-hydrogen) atoms. The summed E-state index contributed by atoms with van der Waals surface area (Å²) >= 11 is 0. The standard InChI is InChI=1S/C20H22F4N6O2/c21-17(22)14-2-1-3-29(14)20-27-13(10-4-15(32-19(23)24)18(25)26-7-10)6-16(28-20)30-8-12-5-11(30)9-31-12/h4,6-7,11-12,14,17,19H,1-3,5,8-9H2,(H2,25,26)/t11-,12-,14-/m0/s1. The van der Waals surface area contributed by atoms with Crippen molar-refractivity contribution in [3.8, 4) is 17.0 Å². The van der Waals surface area contributed by atoms with Gasteiger partial charge in [0.15, 0.2) is 11.6 Å². The number of alkyl halides is 4. The lowest BCUT2D eigenvalue weighted by Crippen LogP contribution is -2.39. The van der Waals surface area contributed by atoms with Crippen molar-refractivity contribution in [1.29, 1.82) is 0 Å². The number of aromatic nitrogens is 3. The van der Waals surface area contributed by atoms with Crippen molar-refractivity contribution in [3.05, 3.63) is 18.3 Å². The largest absolute Gasteiger partial charge is 0.431 e. The molecule has 172 valence electrons. The number of hydrogen-bond donors (Lipinski definition) is 1. The van der Waals surface area contributed by atoms with Gasteiger partial charge in [-0.1, -0.05) is 0 Å². The summed E-state index contributed by atoms with van der Waals surface area (Å²) in [5.74, 6) is 0.292. The predicted molar refractivity (Wildman–Crippen MR) is 108 cm³/mol. The smallest absolute Gasteiger partial charge is 0.387 e. The molecule has 2 bridgehead atoms. The number of nitrogen functional groups attached to an aromatic ring is 1. The summed E-state index contributed by atoms with van der Waals surface area (Å²) in [6.45, 7) is -1.45. The number of halogens is 4. The summed E-state index contributed by atoms with van der Waals surface area (Å²) in [5.41, 5.74) is 6.38. The van der Waals surface area contributed by atoms with E-state index in [2.05, 4.69) is 24.6 Å². The van der Waals surface area contributed by atoms with Crippen molar-refractivity contribution in [3.63, 3.8) is 0 Å². The Hall–Kier alpha value is -2.89. The number of rotatable bonds is 6. The maximum Gasteiger partial charge on any atom is 0.387 e. The van der Waals surface area contributed by atoms with Crippen LogP contribution in [-0.2, 0) is 4.74 Å². The van der Waals surface area contributed by atoms with Crippen molar-refractivity contribution < 1.29 is 27.0 Å². The zero-order chi connectivity index (χ0) is 22.4. The number of hydrogen-bond acceptors (Lipinski definition) is 8. The average molecular weight is 454 g/mol. The molecule has 5 heterocycles. The van der Waals surface area contributed by atoms with Gasteiger partial charge in [-0.05, 0) is 25.3 Å². The topological polar surface area (TPSA) is 89.6 Å². The maximum atomic E-state index is 13.6. The number of fused-ring (bicyclic) bond motifs is 2. The zero-order valence-corrected chi connectivity index (χ0v) is 17.0. The quantitative estimate of drug-likeness (QED) is 0.667. The highest BCUT2D eigenvalue weighted by atomic mass is 19.3. The molecule has 2 aromatic heterocycles. The number of anilines is 3. The van der Waals surface area contributed by atoms with Gasteiger partial charge in [-0.25, -0.2) is 18.7 Å². The molecular weight excluding hydrogens is 432 g/mol. The molecule has 0 amide bonds. The Kier molecular flexibility index (Phi) is 5.39. The van der Waals surface area contributed by atoms with Crippen molar-refractivity contribution in [2.45, 2.75) is 50.5 Å². The second-order valence-electron chi connectivity index (χ2n) is 8.13. The highest BCUT2D eigenvalue weighted by Gasteiger charge is 2.40. The molecule has 5 rings (SSSR count). The van der Waals surface area contributed by atoms with Gasteiger partial charge in [0.05, 0.1) is 30.5 Å². The molecule has 3 saturated heterocycles. The minimum absolute atomic E-state index is 0.103. The Balaban J connectivity index is 1.57. The second-order valence-corrected chi connectivity index (χ2v) is 8.13. The van der Waals surface area contributed by atoms with E-state index in [4.69, 9.17) is 10.5 Å². The fourth-order valence-electron chi connectivity index (χ4n) is 4.61. The van der Waals surface area contributed by atoms with Crippen LogP contribution in [-0.4, -0.2) is 65.9 Å². The van der Waals surface area contributed by atoms with E-state index in [0.717, 1.165) is 6.42 Å². The van der Waals surface area contributed by atoms with Crippen LogP contribution in [0.4, 0.5) is 35.1 Å². The monoisotopic (exact) mass is 454 g/mol. The molecule has 8 nitrogen and oxygen atoms in total. The molecule has 2 aromatic rings. The molecule has 3 fully saturated rings. The van der Waals surface area contributed by atoms with E-state index >= 15 is 0 Å². The van der Waals surface area contributed by atoms with Crippen LogP contribution in [0.15, 0.2) is 18.3 Å². The summed E-state index contributed by atoms with van der Waals surface area (Å²) in [7, 11) is 0. The van der Waals surface area contributed by atoms with Crippen LogP contribution in [0.2, 0.25) is 0 Å². The first-order chi connectivity index (χ1) is 15.4. The van der Waals surface area contributed by atoms with Gasteiger partial charge in [-0.3, -0.25) is 0 Å². The van der Waals surface area contributed by atoms with Crippen LogP contribution >= 0.6 is 0 Å². The Morgan fingerprint density at radius 3 is 2.69 bits per heavy atom. The first-order valence-electron chi connectivity index (χ1n) is 10.4. The number of ether oxygens (including phenoxy) is 2. The van der Waals surface area contributed by atoms with Gasteiger partial charge in [0.25, 0.3) is 6.43 Å². The van der Waals surface area contributed by atoms with Gasteiger partial charge in [0.2, 0.25) is 5.95 Å². The molecule has 0 unspecified atom stereocenters. The third-order valence-electron chi connectivity index (χ3n) is 6.14. The van der Waals surface area contributed by atoms with E-state index in [9.17, 15) is 17.6 Å². The summed E-state index contributed by atoms with van der Waals surface area (Å²) in [4.78, 5) is 16.7. The third kappa shape index (κ3) is 3.87. The van der Waals surface area contributed by atoms with Crippen LogP contribution in [0, 0.1) is 0 Å². The normalized spacial score (nSPS) is 24.9. The van der Waals surface area contributed by atoms with Gasteiger partial charge in [-0.15, -0.1) is 0 Å². The number of morpholine rings is 1. The molecule has 0 aromatic carbocycles. The fraction of sp³-hybridized carbons (Fsp3) is 0.550. The highest BCUT2D eigenvalue weighted by Crippen LogP contribution is 2.36. The second kappa shape index (κ2) is 8.23. The maximum absolute atomic E-state index is 13.6. The van der Waals surface area contributed by atoms with E-state index in [1.165, 1.54) is 17.2 Å². The lowest BCUT2D eigenvalue weighted by atomic mass is 10.2. The molecule has 3 aliphatic rings. The molecule has 0 saturated carbocycles. The van der Waals surface area contributed by atoms with Gasteiger partial charge < -0.3 is 25.0 Å². The third-order valence-corrected chi connectivity index (χ3v) is 6.14. The highest BCUT2D eigenvalue weighted by molar-refractivity contribution is 5.68. The Labute approximate surface area is 181 Å². The first-order valence-corrected chi connectivity index (χ1v) is 10.4. The van der Waals surface area contributed by atoms with Gasteiger partial charge >= 0.3 is 6.61 Å². The Morgan fingerprint density at radius 1 is 1.16 bits per heavy atom. The van der Waals surface area contributed by atoms with Gasteiger partial charge in [0, 0.05) is 30.9 Å². The summed E-state index contributed by atoms with van der Waals surface area (Å²) in [6.07, 6.45) is 0.778. The van der Waals surface area contributed by atoms with Crippen molar-refractivity contribution in [1.82, 2.24) is 15.0 Å². The minimum Gasteiger partial charge on any atom is -0.431 e.